The van der Waals surface area contributed by atoms with E-state index in [1.165, 1.54) is 6.07 Å². The third-order valence-corrected chi connectivity index (χ3v) is 2.80. The van der Waals surface area contributed by atoms with Gasteiger partial charge in [0.2, 0.25) is 0 Å². The van der Waals surface area contributed by atoms with Crippen LogP contribution in [0.15, 0.2) is 28.3 Å². The molecule has 0 spiro atoms. The molecule has 0 bridgehead atoms. The average molecular weight is 302 g/mol. The molecule has 0 unspecified atom stereocenters. The van der Waals surface area contributed by atoms with E-state index in [2.05, 4.69) is 21.2 Å². The van der Waals surface area contributed by atoms with E-state index in [-0.39, 0.29) is 5.82 Å². The minimum atomic E-state index is -0.983. The van der Waals surface area contributed by atoms with Gasteiger partial charge in [-0.1, -0.05) is 0 Å². The molecule has 0 aromatic heterocycles. The van der Waals surface area contributed by atoms with Crippen LogP contribution in [0.25, 0.3) is 0 Å². The molecule has 0 aliphatic heterocycles. The van der Waals surface area contributed by atoms with Crippen molar-refractivity contribution in [1.29, 1.82) is 0 Å². The second-order valence-electron chi connectivity index (χ2n) is 3.76. The van der Waals surface area contributed by atoms with E-state index >= 15 is 0 Å². The number of hydrogen-bond acceptors (Lipinski definition) is 2. The van der Waals surface area contributed by atoms with Crippen molar-refractivity contribution in [2.24, 2.45) is 0 Å². The smallest absolute Gasteiger partial charge is 0.328 e. The summed E-state index contributed by atoms with van der Waals surface area (Å²) in [7, 11) is 0. The van der Waals surface area contributed by atoms with Crippen molar-refractivity contribution in [3.8, 4) is 0 Å². The van der Waals surface area contributed by atoms with Crippen molar-refractivity contribution in [3.05, 3.63) is 39.6 Å². The highest BCUT2D eigenvalue weighted by Crippen LogP contribution is 2.23. The molecule has 0 saturated heterocycles. The van der Waals surface area contributed by atoms with Crippen molar-refractivity contribution in [3.63, 3.8) is 0 Å². The Morgan fingerprint density at radius 2 is 2.24 bits per heavy atom. The zero-order chi connectivity index (χ0) is 13.0. The van der Waals surface area contributed by atoms with Gasteiger partial charge in [-0.3, -0.25) is 0 Å². The molecule has 1 aromatic carbocycles. The Morgan fingerprint density at radius 3 is 2.82 bits per heavy atom. The van der Waals surface area contributed by atoms with E-state index in [1.807, 2.05) is 6.92 Å². The van der Waals surface area contributed by atoms with Crippen LogP contribution in [0.3, 0.4) is 0 Å². The van der Waals surface area contributed by atoms with Crippen LogP contribution in [-0.2, 0) is 4.79 Å². The van der Waals surface area contributed by atoms with Crippen LogP contribution in [-0.4, -0.2) is 17.6 Å². The number of rotatable bonds is 4. The molecule has 92 valence electrons. The number of halogens is 2. The minimum Gasteiger partial charge on any atom is -0.478 e. The molecule has 0 aliphatic rings. The van der Waals surface area contributed by atoms with E-state index in [4.69, 9.17) is 5.11 Å². The number of nitrogens with one attached hydrogen (secondary N) is 1. The first-order valence-electron chi connectivity index (χ1n) is 4.99. The van der Waals surface area contributed by atoms with Gasteiger partial charge >= 0.3 is 5.97 Å². The van der Waals surface area contributed by atoms with Gasteiger partial charge in [-0.05, 0) is 53.0 Å². The van der Waals surface area contributed by atoms with Crippen molar-refractivity contribution >= 4 is 27.6 Å². The van der Waals surface area contributed by atoms with Gasteiger partial charge in [-0.2, -0.15) is 0 Å². The quantitative estimate of drug-likeness (QED) is 0.839. The number of carboxylic acid groups (broad SMARTS) is 1. The number of carbonyl (C=O) groups is 1. The molecule has 0 fully saturated rings. The van der Waals surface area contributed by atoms with Crippen molar-refractivity contribution < 1.29 is 14.3 Å². The molecule has 5 heteroatoms. The molecule has 3 nitrogen and oxygen atoms in total. The monoisotopic (exact) mass is 301 g/mol. The van der Waals surface area contributed by atoms with Crippen LogP contribution in [0.2, 0.25) is 0 Å². The Hall–Kier alpha value is -1.36. The number of anilines is 1. The molecule has 2 N–H and O–H groups in total. The molecule has 0 radical (unpaired) electrons. The van der Waals surface area contributed by atoms with Gasteiger partial charge in [0.05, 0.1) is 4.47 Å². The molecule has 0 atom stereocenters. The second kappa shape index (κ2) is 5.82. The maximum absolute atomic E-state index is 13.3. The number of benzene rings is 1. The fraction of sp³-hybridized carbons (Fsp3) is 0.250. The summed E-state index contributed by atoms with van der Waals surface area (Å²) in [6.45, 7) is 3.92. The fourth-order valence-corrected chi connectivity index (χ4v) is 1.79. The first-order chi connectivity index (χ1) is 7.90. The van der Waals surface area contributed by atoms with E-state index in [1.54, 1.807) is 13.0 Å². The predicted octanol–water partition coefficient (Wildman–Crippen LogP) is 3.34. The summed E-state index contributed by atoms with van der Waals surface area (Å²) in [6, 6.07) is 3.06. The summed E-state index contributed by atoms with van der Waals surface area (Å²) in [6.07, 6.45) is 1.12. The molecule has 0 aliphatic carbocycles. The molecule has 1 rings (SSSR count). The van der Waals surface area contributed by atoms with Gasteiger partial charge in [-0.15, -0.1) is 0 Å². The van der Waals surface area contributed by atoms with Crippen molar-refractivity contribution in [2.75, 3.05) is 11.9 Å². The van der Waals surface area contributed by atoms with Crippen LogP contribution < -0.4 is 5.32 Å². The van der Waals surface area contributed by atoms with E-state index in [9.17, 15) is 9.18 Å². The third-order valence-electron chi connectivity index (χ3n) is 2.19. The maximum atomic E-state index is 13.3. The topological polar surface area (TPSA) is 49.3 Å². The van der Waals surface area contributed by atoms with E-state index in [0.717, 1.165) is 11.6 Å². The Labute approximate surface area is 107 Å². The predicted molar refractivity (Wildman–Crippen MR) is 68.7 cm³/mol. The standard InChI is InChI=1S/C12H13BrFNO2/c1-7(3-12(16)17)6-15-11-5-10(14)9(13)4-8(11)2/h3-5,15H,6H2,1-2H3,(H,16,17)/b7-3-. The first-order valence-corrected chi connectivity index (χ1v) is 5.79. The van der Waals surface area contributed by atoms with Crippen LogP contribution in [0.4, 0.5) is 10.1 Å². The number of hydrogen-bond donors (Lipinski definition) is 2. The summed E-state index contributed by atoms with van der Waals surface area (Å²) in [5, 5.41) is 11.5. The Balaban J connectivity index is 2.76. The van der Waals surface area contributed by atoms with Crippen molar-refractivity contribution in [2.45, 2.75) is 13.8 Å². The van der Waals surface area contributed by atoms with E-state index in [0.29, 0.717) is 22.3 Å². The summed E-state index contributed by atoms with van der Waals surface area (Å²) in [5.74, 6) is -1.33. The van der Waals surface area contributed by atoms with Crippen LogP contribution in [0.5, 0.6) is 0 Å². The van der Waals surface area contributed by atoms with Gasteiger partial charge in [0.25, 0.3) is 0 Å². The fourth-order valence-electron chi connectivity index (χ4n) is 1.33. The molecule has 17 heavy (non-hydrogen) atoms. The summed E-state index contributed by atoms with van der Waals surface area (Å²) >= 11 is 3.10. The summed E-state index contributed by atoms with van der Waals surface area (Å²) < 4.78 is 13.7. The molecule has 0 amide bonds. The Kier molecular flexibility index (Phi) is 4.69. The van der Waals surface area contributed by atoms with Gasteiger partial charge in [-0.25, -0.2) is 9.18 Å². The number of aliphatic carboxylic acids is 1. The molecular formula is C12H13BrFNO2. The van der Waals surface area contributed by atoms with Gasteiger partial charge < -0.3 is 10.4 Å². The second-order valence-corrected chi connectivity index (χ2v) is 4.62. The third kappa shape index (κ3) is 4.19. The first kappa shape index (κ1) is 13.7. The highest BCUT2D eigenvalue weighted by Gasteiger charge is 2.05. The average Bonchev–Trinajstić information content (AvgIpc) is 2.20. The van der Waals surface area contributed by atoms with E-state index < -0.39 is 5.97 Å². The highest BCUT2D eigenvalue weighted by atomic mass is 79.9. The molecule has 0 heterocycles. The minimum absolute atomic E-state index is 0.349. The summed E-state index contributed by atoms with van der Waals surface area (Å²) in [4.78, 5) is 10.4. The number of aryl methyl sites for hydroxylation is 1. The van der Waals surface area contributed by atoms with Gasteiger partial charge in [0, 0.05) is 18.3 Å². The zero-order valence-corrected chi connectivity index (χ0v) is 11.1. The lowest BCUT2D eigenvalue weighted by Gasteiger charge is -2.10. The highest BCUT2D eigenvalue weighted by molar-refractivity contribution is 9.10. The van der Waals surface area contributed by atoms with Gasteiger partial charge in [0.15, 0.2) is 0 Å². The Morgan fingerprint density at radius 1 is 1.59 bits per heavy atom. The van der Waals surface area contributed by atoms with Gasteiger partial charge in [0.1, 0.15) is 5.82 Å². The van der Waals surface area contributed by atoms with Crippen LogP contribution in [0, 0.1) is 12.7 Å². The molecule has 0 saturated carbocycles. The Bertz CT molecular complexity index is 472. The molecular weight excluding hydrogens is 289 g/mol. The lowest BCUT2D eigenvalue weighted by molar-refractivity contribution is -0.131. The lowest BCUT2D eigenvalue weighted by Crippen LogP contribution is -2.06. The lowest BCUT2D eigenvalue weighted by atomic mass is 10.2. The van der Waals surface area contributed by atoms with Crippen LogP contribution >= 0.6 is 15.9 Å². The number of carboxylic acids is 1. The largest absolute Gasteiger partial charge is 0.478 e. The molecule has 1 aromatic rings. The van der Waals surface area contributed by atoms with Crippen LogP contribution in [0.1, 0.15) is 12.5 Å². The zero-order valence-electron chi connectivity index (χ0n) is 9.55. The SMILES string of the molecule is C/C(=C/C(=O)O)CNc1cc(F)c(Br)cc1C. The summed E-state index contributed by atoms with van der Waals surface area (Å²) in [5.41, 5.74) is 2.21. The van der Waals surface area contributed by atoms with Crippen molar-refractivity contribution in [1.82, 2.24) is 0 Å². The maximum Gasteiger partial charge on any atom is 0.328 e. The normalized spacial score (nSPS) is 11.4.